The molecule has 0 aromatic rings. The van der Waals surface area contributed by atoms with Crippen molar-refractivity contribution in [2.45, 2.75) is 33.1 Å². The van der Waals surface area contributed by atoms with Crippen LogP contribution in [0.25, 0.3) is 0 Å². The molecular formula is C15H31IN4O3. The number of nitrogens with zero attached hydrogens (tertiary/aromatic N) is 1. The number of halogens is 1. The van der Waals surface area contributed by atoms with Crippen molar-refractivity contribution < 1.29 is 14.6 Å². The summed E-state index contributed by atoms with van der Waals surface area (Å²) in [5.74, 6) is 0.548. The van der Waals surface area contributed by atoms with E-state index in [1.165, 1.54) is 0 Å². The molecule has 0 bridgehead atoms. The van der Waals surface area contributed by atoms with Crippen LogP contribution < -0.4 is 16.0 Å². The van der Waals surface area contributed by atoms with Crippen molar-refractivity contribution in [3.8, 4) is 0 Å². The first-order chi connectivity index (χ1) is 10.7. The Bertz CT molecular complexity index is 361. The summed E-state index contributed by atoms with van der Waals surface area (Å²) in [6, 6.07) is 0. The van der Waals surface area contributed by atoms with Gasteiger partial charge in [-0.3, -0.25) is 4.79 Å². The predicted molar refractivity (Wildman–Crippen MR) is 102 cm³/mol. The molecular weight excluding hydrogens is 411 g/mol. The number of nitrogens with one attached hydrogen (secondary N) is 3. The predicted octanol–water partition coefficient (Wildman–Crippen LogP) is 0.475. The lowest BCUT2D eigenvalue weighted by molar-refractivity contribution is -0.119. The first-order valence-electron chi connectivity index (χ1n) is 8.13. The molecule has 1 heterocycles. The Morgan fingerprint density at radius 3 is 2.65 bits per heavy atom. The molecule has 0 saturated carbocycles. The Kier molecular flexibility index (Phi) is 12.4. The first kappa shape index (κ1) is 22.4. The van der Waals surface area contributed by atoms with E-state index in [-0.39, 0.29) is 48.5 Å². The lowest BCUT2D eigenvalue weighted by Crippen LogP contribution is -2.45. The van der Waals surface area contributed by atoms with Crippen LogP contribution in [0.1, 0.15) is 33.1 Å². The van der Waals surface area contributed by atoms with Crippen molar-refractivity contribution in [2.75, 3.05) is 46.0 Å². The number of amides is 1. The van der Waals surface area contributed by atoms with Crippen molar-refractivity contribution in [1.82, 2.24) is 16.0 Å². The molecule has 1 aliphatic rings. The van der Waals surface area contributed by atoms with Gasteiger partial charge in [-0.2, -0.15) is 0 Å². The average Bonchev–Trinajstić information content (AvgIpc) is 2.97. The van der Waals surface area contributed by atoms with Crippen LogP contribution in [0, 0.1) is 5.41 Å². The maximum atomic E-state index is 11.6. The van der Waals surface area contributed by atoms with Crippen molar-refractivity contribution in [3.05, 3.63) is 0 Å². The smallest absolute Gasteiger partial charge is 0.241 e. The summed E-state index contributed by atoms with van der Waals surface area (Å²) in [5.41, 5.74) is -0.0462. The largest absolute Gasteiger partial charge is 0.396 e. The molecule has 1 unspecified atom stereocenters. The normalized spacial score (nSPS) is 20.7. The van der Waals surface area contributed by atoms with Crippen LogP contribution >= 0.6 is 24.0 Å². The average molecular weight is 442 g/mol. The van der Waals surface area contributed by atoms with Crippen LogP contribution in [0.2, 0.25) is 0 Å². The number of hydrogen-bond donors (Lipinski definition) is 4. The highest BCUT2D eigenvalue weighted by molar-refractivity contribution is 14.0. The molecule has 0 aromatic carbocycles. The van der Waals surface area contributed by atoms with E-state index in [9.17, 15) is 9.90 Å². The van der Waals surface area contributed by atoms with Gasteiger partial charge in [0, 0.05) is 38.3 Å². The van der Waals surface area contributed by atoms with Crippen molar-refractivity contribution in [1.29, 1.82) is 0 Å². The fourth-order valence-electron chi connectivity index (χ4n) is 2.40. The van der Waals surface area contributed by atoms with E-state index < -0.39 is 0 Å². The van der Waals surface area contributed by atoms with Crippen LogP contribution in [-0.2, 0) is 9.53 Å². The Hall–Kier alpha value is -0.610. The van der Waals surface area contributed by atoms with Gasteiger partial charge in [-0.25, -0.2) is 4.99 Å². The van der Waals surface area contributed by atoms with Crippen molar-refractivity contribution in [2.24, 2.45) is 10.4 Å². The van der Waals surface area contributed by atoms with Gasteiger partial charge in [0.05, 0.1) is 6.61 Å². The number of carbonyl (C=O) groups excluding carboxylic acids is 1. The van der Waals surface area contributed by atoms with Gasteiger partial charge < -0.3 is 25.8 Å². The Labute approximate surface area is 156 Å². The number of aliphatic hydroxyl groups excluding tert-OH is 1. The van der Waals surface area contributed by atoms with E-state index in [0.29, 0.717) is 32.1 Å². The minimum absolute atomic E-state index is 0. The van der Waals surface area contributed by atoms with E-state index in [1.807, 2.05) is 13.8 Å². The quantitative estimate of drug-likeness (QED) is 0.237. The zero-order valence-electron chi connectivity index (χ0n) is 14.2. The summed E-state index contributed by atoms with van der Waals surface area (Å²) >= 11 is 0. The first-order valence-corrected chi connectivity index (χ1v) is 8.13. The fourth-order valence-corrected chi connectivity index (χ4v) is 2.40. The maximum absolute atomic E-state index is 11.6. The summed E-state index contributed by atoms with van der Waals surface area (Å²) in [7, 11) is 0. The summed E-state index contributed by atoms with van der Waals surface area (Å²) in [6.45, 7) is 7.72. The summed E-state index contributed by atoms with van der Waals surface area (Å²) in [4.78, 5) is 15.9. The monoisotopic (exact) mass is 442 g/mol. The standard InChI is InChI=1S/C15H30N4O3.HI/c1-3-7-17-13(21)10-18-14(16-4-2)19-11-15(5-8-20)6-9-22-12-15;/h20H,3-12H2,1-2H3,(H,17,21)(H2,16,18,19);1H. The molecule has 7 nitrogen and oxygen atoms in total. The van der Waals surface area contributed by atoms with Crippen LogP contribution in [0.4, 0.5) is 0 Å². The molecule has 4 N–H and O–H groups in total. The zero-order valence-corrected chi connectivity index (χ0v) is 16.5. The minimum atomic E-state index is -0.0756. The number of hydrogen-bond acceptors (Lipinski definition) is 4. The van der Waals surface area contributed by atoms with Gasteiger partial charge in [0.2, 0.25) is 5.91 Å². The molecule has 23 heavy (non-hydrogen) atoms. The van der Waals surface area contributed by atoms with Crippen LogP contribution in [-0.4, -0.2) is 63.0 Å². The molecule has 1 saturated heterocycles. The number of carbonyl (C=O) groups is 1. The summed E-state index contributed by atoms with van der Waals surface area (Å²) in [6.07, 6.45) is 2.55. The molecule has 1 rings (SSSR count). The molecule has 0 aliphatic carbocycles. The highest BCUT2D eigenvalue weighted by atomic mass is 127. The van der Waals surface area contributed by atoms with Gasteiger partial charge in [0.15, 0.2) is 5.96 Å². The number of aliphatic hydroxyl groups is 1. The van der Waals surface area contributed by atoms with Gasteiger partial charge in [-0.15, -0.1) is 24.0 Å². The minimum Gasteiger partial charge on any atom is -0.396 e. The van der Waals surface area contributed by atoms with Gasteiger partial charge in [-0.05, 0) is 26.2 Å². The second-order valence-corrected chi connectivity index (χ2v) is 5.67. The van der Waals surface area contributed by atoms with E-state index in [1.54, 1.807) is 0 Å². The molecule has 1 atom stereocenters. The second-order valence-electron chi connectivity index (χ2n) is 5.67. The number of ether oxygens (including phenoxy) is 1. The highest BCUT2D eigenvalue weighted by Gasteiger charge is 2.34. The topological polar surface area (TPSA) is 95.0 Å². The van der Waals surface area contributed by atoms with E-state index in [4.69, 9.17) is 4.74 Å². The molecule has 1 fully saturated rings. The number of aliphatic imine (C=N–C) groups is 1. The Morgan fingerprint density at radius 2 is 2.09 bits per heavy atom. The molecule has 0 spiro atoms. The lowest BCUT2D eigenvalue weighted by Gasteiger charge is -2.27. The van der Waals surface area contributed by atoms with Crippen molar-refractivity contribution in [3.63, 3.8) is 0 Å². The van der Waals surface area contributed by atoms with Crippen LogP contribution in [0.15, 0.2) is 4.99 Å². The van der Waals surface area contributed by atoms with E-state index in [2.05, 4.69) is 20.9 Å². The van der Waals surface area contributed by atoms with Crippen LogP contribution in [0.3, 0.4) is 0 Å². The fraction of sp³-hybridized carbons (Fsp3) is 0.867. The Morgan fingerprint density at radius 1 is 1.30 bits per heavy atom. The number of rotatable bonds is 9. The molecule has 136 valence electrons. The summed E-state index contributed by atoms with van der Waals surface area (Å²) < 4.78 is 5.47. The highest BCUT2D eigenvalue weighted by Crippen LogP contribution is 2.31. The second kappa shape index (κ2) is 12.8. The maximum Gasteiger partial charge on any atom is 0.241 e. The van der Waals surface area contributed by atoms with Crippen molar-refractivity contribution >= 4 is 35.8 Å². The lowest BCUT2D eigenvalue weighted by atomic mass is 9.84. The zero-order chi connectivity index (χ0) is 16.3. The third-order valence-corrected chi connectivity index (χ3v) is 3.76. The molecule has 0 radical (unpaired) electrons. The van der Waals surface area contributed by atoms with Gasteiger partial charge in [0.1, 0.15) is 6.54 Å². The Balaban J connectivity index is 0.00000484. The van der Waals surface area contributed by atoms with Gasteiger partial charge in [-0.1, -0.05) is 6.92 Å². The SMILES string of the molecule is CCCNC(=O)CN=C(NCC)NCC1(CCO)CCOC1.I. The molecule has 1 amide bonds. The van der Waals surface area contributed by atoms with Gasteiger partial charge in [0.25, 0.3) is 0 Å². The van der Waals surface area contributed by atoms with Crippen LogP contribution in [0.5, 0.6) is 0 Å². The molecule has 8 heteroatoms. The molecule has 1 aliphatic heterocycles. The third-order valence-electron chi connectivity index (χ3n) is 3.76. The molecule has 0 aromatic heterocycles. The van der Waals surface area contributed by atoms with E-state index in [0.717, 1.165) is 26.0 Å². The van der Waals surface area contributed by atoms with E-state index >= 15 is 0 Å². The number of guanidine groups is 1. The third kappa shape index (κ3) is 8.71. The van der Waals surface area contributed by atoms with Gasteiger partial charge >= 0.3 is 0 Å². The summed E-state index contributed by atoms with van der Waals surface area (Å²) in [5, 5.41) is 18.4.